The van der Waals surface area contributed by atoms with Crippen LogP contribution in [0.3, 0.4) is 0 Å². The number of anilines is 1. The fourth-order valence-corrected chi connectivity index (χ4v) is 4.53. The average molecular weight is 346 g/mol. The van der Waals surface area contributed by atoms with Gasteiger partial charge in [-0.1, -0.05) is 17.7 Å². The number of likely N-dealkylation sites (N-methyl/N-ethyl adjacent to an activating group) is 1. The monoisotopic (exact) mass is 346 g/mol. The summed E-state index contributed by atoms with van der Waals surface area (Å²) in [6.07, 6.45) is 6.53. The molecule has 1 fully saturated rings. The highest BCUT2D eigenvalue weighted by atomic mass is 16.2. The minimum atomic E-state index is 0.0859. The Labute approximate surface area is 152 Å². The smallest absolute Gasteiger partial charge is 0.260 e. The van der Waals surface area contributed by atoms with E-state index in [1.54, 1.807) is 6.20 Å². The van der Waals surface area contributed by atoms with Gasteiger partial charge in [0, 0.05) is 42.8 Å². The summed E-state index contributed by atoms with van der Waals surface area (Å²) >= 11 is 0. The van der Waals surface area contributed by atoms with E-state index >= 15 is 0 Å². The summed E-state index contributed by atoms with van der Waals surface area (Å²) in [7, 11) is 2.17. The van der Waals surface area contributed by atoms with Crippen molar-refractivity contribution in [3.8, 4) is 0 Å². The molecule has 3 aromatic rings. The van der Waals surface area contributed by atoms with Crippen molar-refractivity contribution in [2.45, 2.75) is 25.3 Å². The fourth-order valence-electron chi connectivity index (χ4n) is 4.53. The summed E-state index contributed by atoms with van der Waals surface area (Å²) in [5.41, 5.74) is 5.22. The highest BCUT2D eigenvalue weighted by Gasteiger charge is 2.44. The average Bonchev–Trinajstić information content (AvgIpc) is 3.22. The number of hydrogen-bond donors (Lipinski definition) is 0. The van der Waals surface area contributed by atoms with E-state index in [0.717, 1.165) is 30.8 Å². The molecule has 2 aliphatic heterocycles. The van der Waals surface area contributed by atoms with Gasteiger partial charge >= 0.3 is 0 Å². The molecule has 4 heterocycles. The molecule has 5 heteroatoms. The number of piperidine rings is 1. The van der Waals surface area contributed by atoms with Gasteiger partial charge in [-0.05, 0) is 50.7 Å². The maximum absolute atomic E-state index is 13.5. The molecule has 132 valence electrons. The molecule has 2 aliphatic rings. The molecule has 5 rings (SSSR count). The molecule has 0 N–H and O–H groups in total. The predicted octanol–water partition coefficient (Wildman–Crippen LogP) is 3.09. The van der Waals surface area contributed by atoms with Crippen molar-refractivity contribution in [3.05, 3.63) is 65.6 Å². The molecule has 0 unspecified atom stereocenters. The number of nitrogens with zero attached hydrogens (tertiary/aromatic N) is 4. The van der Waals surface area contributed by atoms with Gasteiger partial charge < -0.3 is 14.2 Å². The van der Waals surface area contributed by atoms with Crippen molar-refractivity contribution < 1.29 is 4.79 Å². The summed E-state index contributed by atoms with van der Waals surface area (Å²) in [4.78, 5) is 22.2. The van der Waals surface area contributed by atoms with E-state index in [1.165, 1.54) is 11.1 Å². The van der Waals surface area contributed by atoms with Crippen LogP contribution in [0.4, 0.5) is 5.69 Å². The normalized spacial score (nSPS) is 22.5. The summed E-state index contributed by atoms with van der Waals surface area (Å²) < 4.78 is 1.91. The standard InChI is InChI=1S/C21H22N4O/c1-14-3-5-18-16(11-14)17-13-23(2)9-7-19(17)25(18)21(26)15-4-6-20-22-8-10-24(20)12-15/h3-6,8,10-12,17,19H,7,9,13H2,1-2H3/t17-,19+/m1/s1. The van der Waals surface area contributed by atoms with Gasteiger partial charge in [0.15, 0.2) is 0 Å². The maximum atomic E-state index is 13.5. The Bertz CT molecular complexity index is 1010. The lowest BCUT2D eigenvalue weighted by Gasteiger charge is -2.36. The molecule has 1 saturated heterocycles. The van der Waals surface area contributed by atoms with Gasteiger partial charge in [0.25, 0.3) is 5.91 Å². The van der Waals surface area contributed by atoms with E-state index in [0.29, 0.717) is 11.5 Å². The molecule has 5 nitrogen and oxygen atoms in total. The zero-order valence-corrected chi connectivity index (χ0v) is 15.1. The van der Waals surface area contributed by atoms with Crippen LogP contribution in [0.5, 0.6) is 0 Å². The van der Waals surface area contributed by atoms with Crippen molar-refractivity contribution in [2.24, 2.45) is 0 Å². The van der Waals surface area contributed by atoms with Gasteiger partial charge in [-0.25, -0.2) is 4.98 Å². The van der Waals surface area contributed by atoms with Gasteiger partial charge in [-0.2, -0.15) is 0 Å². The van der Waals surface area contributed by atoms with Crippen molar-refractivity contribution in [1.82, 2.24) is 14.3 Å². The number of imidazole rings is 1. The van der Waals surface area contributed by atoms with Crippen LogP contribution in [0.1, 0.15) is 33.8 Å². The van der Waals surface area contributed by atoms with E-state index in [4.69, 9.17) is 0 Å². The first-order valence-corrected chi connectivity index (χ1v) is 9.17. The molecule has 0 saturated carbocycles. The molecular formula is C21H22N4O. The van der Waals surface area contributed by atoms with Gasteiger partial charge in [0.05, 0.1) is 5.56 Å². The molecule has 0 bridgehead atoms. The number of carbonyl (C=O) groups excluding carboxylic acids is 1. The van der Waals surface area contributed by atoms with E-state index in [2.05, 4.69) is 42.1 Å². The maximum Gasteiger partial charge on any atom is 0.260 e. The van der Waals surface area contributed by atoms with Crippen LogP contribution >= 0.6 is 0 Å². The molecule has 0 aliphatic carbocycles. The van der Waals surface area contributed by atoms with Gasteiger partial charge in [-0.15, -0.1) is 0 Å². The molecule has 0 radical (unpaired) electrons. The number of aromatic nitrogens is 2. The molecular weight excluding hydrogens is 324 g/mol. The molecule has 2 aromatic heterocycles. The van der Waals surface area contributed by atoms with Gasteiger partial charge in [0.2, 0.25) is 0 Å². The third kappa shape index (κ3) is 2.27. The Morgan fingerprint density at radius 2 is 2.12 bits per heavy atom. The highest BCUT2D eigenvalue weighted by molar-refractivity contribution is 6.08. The number of carbonyl (C=O) groups is 1. The number of benzene rings is 1. The quantitative estimate of drug-likeness (QED) is 0.680. The molecule has 1 aromatic carbocycles. The number of likely N-dealkylation sites (tertiary alicyclic amines) is 1. The van der Waals surface area contributed by atoms with Crippen LogP contribution in [0.2, 0.25) is 0 Å². The van der Waals surface area contributed by atoms with Crippen LogP contribution < -0.4 is 4.90 Å². The second kappa shape index (κ2) is 5.68. The first kappa shape index (κ1) is 15.6. The van der Waals surface area contributed by atoms with Crippen LogP contribution in [-0.2, 0) is 0 Å². The third-order valence-corrected chi connectivity index (χ3v) is 5.81. The summed E-state index contributed by atoms with van der Waals surface area (Å²) in [6.45, 7) is 4.16. The van der Waals surface area contributed by atoms with E-state index in [-0.39, 0.29) is 11.9 Å². The summed E-state index contributed by atoms with van der Waals surface area (Å²) in [5, 5.41) is 0. The minimum absolute atomic E-state index is 0.0859. The van der Waals surface area contributed by atoms with Crippen LogP contribution in [-0.4, -0.2) is 46.4 Å². The van der Waals surface area contributed by atoms with Crippen LogP contribution in [0.15, 0.2) is 48.9 Å². The van der Waals surface area contributed by atoms with Gasteiger partial charge in [0.1, 0.15) is 5.65 Å². The lowest BCUT2D eigenvalue weighted by Crippen LogP contribution is -2.47. The largest absolute Gasteiger partial charge is 0.306 e. The summed E-state index contributed by atoms with van der Waals surface area (Å²) in [6, 6.07) is 10.5. The molecule has 2 atom stereocenters. The SMILES string of the molecule is Cc1ccc2c(c1)[C@H]1CN(C)CC[C@@H]1N2C(=O)c1ccc2nccn2c1. The zero-order chi connectivity index (χ0) is 17.8. The molecule has 26 heavy (non-hydrogen) atoms. The highest BCUT2D eigenvalue weighted by Crippen LogP contribution is 2.45. The van der Waals surface area contributed by atoms with Crippen LogP contribution in [0.25, 0.3) is 5.65 Å². The van der Waals surface area contributed by atoms with Crippen molar-refractivity contribution in [1.29, 1.82) is 0 Å². The second-order valence-electron chi connectivity index (χ2n) is 7.57. The number of rotatable bonds is 1. The zero-order valence-electron chi connectivity index (χ0n) is 15.1. The first-order chi connectivity index (χ1) is 12.6. The number of aryl methyl sites for hydroxylation is 1. The lowest BCUT2D eigenvalue weighted by atomic mass is 9.89. The van der Waals surface area contributed by atoms with Crippen molar-refractivity contribution in [2.75, 3.05) is 25.0 Å². The number of pyridine rings is 1. The second-order valence-corrected chi connectivity index (χ2v) is 7.57. The Morgan fingerprint density at radius 3 is 3.00 bits per heavy atom. The third-order valence-electron chi connectivity index (χ3n) is 5.81. The van der Waals surface area contributed by atoms with E-state index in [1.807, 2.05) is 33.8 Å². The Kier molecular flexibility index (Phi) is 3.40. The van der Waals surface area contributed by atoms with E-state index < -0.39 is 0 Å². The molecule has 0 spiro atoms. The predicted molar refractivity (Wildman–Crippen MR) is 102 cm³/mol. The number of fused-ring (bicyclic) bond motifs is 4. The lowest BCUT2D eigenvalue weighted by molar-refractivity contribution is 0.0964. The fraction of sp³-hybridized carbons (Fsp3) is 0.333. The van der Waals surface area contributed by atoms with Gasteiger partial charge in [-0.3, -0.25) is 4.79 Å². The first-order valence-electron chi connectivity index (χ1n) is 9.17. The minimum Gasteiger partial charge on any atom is -0.306 e. The van der Waals surface area contributed by atoms with Crippen LogP contribution in [0, 0.1) is 6.92 Å². The Hall–Kier alpha value is -2.66. The number of amides is 1. The van der Waals surface area contributed by atoms with E-state index in [9.17, 15) is 4.79 Å². The molecule has 1 amide bonds. The van der Waals surface area contributed by atoms with Crippen molar-refractivity contribution in [3.63, 3.8) is 0 Å². The topological polar surface area (TPSA) is 40.8 Å². The summed E-state index contributed by atoms with van der Waals surface area (Å²) in [5.74, 6) is 0.479. The Morgan fingerprint density at radius 1 is 1.23 bits per heavy atom. The number of hydrogen-bond acceptors (Lipinski definition) is 3. The Balaban J connectivity index is 1.59. The van der Waals surface area contributed by atoms with Crippen molar-refractivity contribution >= 4 is 17.2 Å².